The number of carbonyl (C=O) groups is 2. The number of hydrazine groups is 1. The minimum atomic E-state index is -0.444. The summed E-state index contributed by atoms with van der Waals surface area (Å²) in [6.45, 7) is 0.130. The van der Waals surface area contributed by atoms with Crippen molar-refractivity contribution in [1.29, 1.82) is 0 Å². The van der Waals surface area contributed by atoms with Gasteiger partial charge in [-0.15, -0.1) is 0 Å². The maximum Gasteiger partial charge on any atom is 0.269 e. The van der Waals surface area contributed by atoms with Gasteiger partial charge in [0.1, 0.15) is 0 Å². The quantitative estimate of drug-likeness (QED) is 0.751. The molecule has 2 amide bonds. The van der Waals surface area contributed by atoms with Gasteiger partial charge in [0, 0.05) is 12.0 Å². The third kappa shape index (κ3) is 4.22. The van der Waals surface area contributed by atoms with Crippen molar-refractivity contribution in [2.75, 3.05) is 21.0 Å². The Bertz CT molecular complexity index is 852. The van der Waals surface area contributed by atoms with Crippen molar-refractivity contribution in [3.63, 3.8) is 0 Å². The first-order valence-corrected chi connectivity index (χ1v) is 8.31. The first-order valence-electron chi connectivity index (χ1n) is 8.31. The van der Waals surface area contributed by atoms with Crippen LogP contribution in [0.15, 0.2) is 36.4 Å². The molecule has 1 aliphatic rings. The molecule has 0 saturated carbocycles. The van der Waals surface area contributed by atoms with Gasteiger partial charge < -0.3 is 18.9 Å². The highest BCUT2D eigenvalue weighted by Gasteiger charge is 2.17. The van der Waals surface area contributed by atoms with Crippen molar-refractivity contribution < 1.29 is 28.5 Å². The van der Waals surface area contributed by atoms with Gasteiger partial charge >= 0.3 is 0 Å². The summed E-state index contributed by atoms with van der Waals surface area (Å²) < 4.78 is 21.0. The van der Waals surface area contributed by atoms with E-state index in [0.29, 0.717) is 35.0 Å². The average molecular weight is 372 g/mol. The molecule has 0 spiro atoms. The number of hydrogen-bond donors (Lipinski definition) is 2. The van der Waals surface area contributed by atoms with Crippen LogP contribution in [0.1, 0.15) is 22.3 Å². The summed E-state index contributed by atoms with van der Waals surface area (Å²) in [6, 6.07) is 10.3. The second kappa shape index (κ2) is 8.31. The van der Waals surface area contributed by atoms with Gasteiger partial charge in [0.05, 0.1) is 14.2 Å². The van der Waals surface area contributed by atoms with Crippen LogP contribution in [0, 0.1) is 0 Å². The molecule has 2 N–H and O–H groups in total. The van der Waals surface area contributed by atoms with Crippen LogP contribution >= 0.6 is 0 Å². The number of fused-ring (bicyclic) bond motifs is 1. The lowest BCUT2D eigenvalue weighted by molar-refractivity contribution is -0.121. The van der Waals surface area contributed by atoms with Crippen LogP contribution in [0.25, 0.3) is 0 Å². The minimum Gasteiger partial charge on any atom is -0.493 e. The van der Waals surface area contributed by atoms with Gasteiger partial charge in [-0.3, -0.25) is 20.4 Å². The number of benzene rings is 2. The van der Waals surface area contributed by atoms with Gasteiger partial charge in [-0.05, 0) is 36.2 Å². The van der Waals surface area contributed by atoms with Gasteiger partial charge in [0.25, 0.3) is 5.91 Å². The molecule has 0 aromatic heterocycles. The van der Waals surface area contributed by atoms with Crippen LogP contribution < -0.4 is 29.8 Å². The van der Waals surface area contributed by atoms with Crippen LogP contribution in [-0.4, -0.2) is 32.8 Å². The van der Waals surface area contributed by atoms with E-state index in [1.807, 2.05) is 12.1 Å². The monoisotopic (exact) mass is 372 g/mol. The molecule has 1 heterocycles. The second-order valence-corrected chi connectivity index (χ2v) is 5.72. The Morgan fingerprint density at radius 3 is 2.63 bits per heavy atom. The predicted octanol–water partition coefficient (Wildman–Crippen LogP) is 1.83. The Labute approximate surface area is 156 Å². The molecular weight excluding hydrogens is 352 g/mol. The molecule has 2 aromatic rings. The van der Waals surface area contributed by atoms with Crippen LogP contribution in [0.3, 0.4) is 0 Å². The number of aryl methyl sites for hydroxylation is 1. The van der Waals surface area contributed by atoms with Crippen LogP contribution in [0.4, 0.5) is 0 Å². The maximum absolute atomic E-state index is 12.1. The molecule has 0 atom stereocenters. The molecule has 1 aliphatic heterocycles. The fraction of sp³-hybridized carbons (Fsp3) is 0.263. The summed E-state index contributed by atoms with van der Waals surface area (Å²) in [7, 11) is 3.10. The number of amides is 2. The lowest BCUT2D eigenvalue weighted by Gasteiger charge is -2.12. The highest BCUT2D eigenvalue weighted by atomic mass is 16.7. The Hall–Kier alpha value is -3.42. The van der Waals surface area contributed by atoms with Gasteiger partial charge in [0.15, 0.2) is 23.0 Å². The van der Waals surface area contributed by atoms with Crippen molar-refractivity contribution in [2.45, 2.75) is 12.8 Å². The van der Waals surface area contributed by atoms with E-state index in [2.05, 4.69) is 10.9 Å². The van der Waals surface area contributed by atoms with Crippen molar-refractivity contribution in [3.05, 3.63) is 47.5 Å². The third-order valence-corrected chi connectivity index (χ3v) is 4.06. The van der Waals surface area contributed by atoms with Gasteiger partial charge in [-0.2, -0.15) is 0 Å². The SMILES string of the molecule is COc1cccc(CCC(=O)NNC(=O)c2ccc3c(c2)OCO3)c1OC. The van der Waals surface area contributed by atoms with E-state index >= 15 is 0 Å². The molecule has 0 aliphatic carbocycles. The molecule has 0 radical (unpaired) electrons. The van der Waals surface area contributed by atoms with E-state index in [9.17, 15) is 9.59 Å². The number of rotatable bonds is 6. The molecule has 8 nitrogen and oxygen atoms in total. The smallest absolute Gasteiger partial charge is 0.269 e. The Morgan fingerprint density at radius 2 is 1.85 bits per heavy atom. The van der Waals surface area contributed by atoms with E-state index in [1.165, 1.54) is 0 Å². The number of ether oxygens (including phenoxy) is 4. The minimum absolute atomic E-state index is 0.130. The second-order valence-electron chi connectivity index (χ2n) is 5.72. The van der Waals surface area contributed by atoms with Crippen molar-refractivity contribution in [3.8, 4) is 23.0 Å². The average Bonchev–Trinajstić information content (AvgIpc) is 3.17. The fourth-order valence-electron chi connectivity index (χ4n) is 2.70. The van der Waals surface area contributed by atoms with Gasteiger partial charge in [0.2, 0.25) is 12.7 Å². The zero-order valence-corrected chi connectivity index (χ0v) is 15.0. The van der Waals surface area contributed by atoms with Gasteiger partial charge in [-0.25, -0.2) is 0 Å². The van der Waals surface area contributed by atoms with E-state index in [1.54, 1.807) is 38.5 Å². The lowest BCUT2D eigenvalue weighted by Crippen LogP contribution is -2.41. The van der Waals surface area contributed by atoms with Crippen LogP contribution in [0.5, 0.6) is 23.0 Å². The Morgan fingerprint density at radius 1 is 1.04 bits per heavy atom. The summed E-state index contributed by atoms with van der Waals surface area (Å²) >= 11 is 0. The van der Waals surface area contributed by atoms with E-state index in [4.69, 9.17) is 18.9 Å². The molecule has 27 heavy (non-hydrogen) atoms. The molecule has 142 valence electrons. The Balaban J connectivity index is 1.52. The maximum atomic E-state index is 12.1. The normalized spacial score (nSPS) is 11.6. The summed E-state index contributed by atoms with van der Waals surface area (Å²) in [6.07, 6.45) is 0.608. The zero-order valence-electron chi connectivity index (χ0n) is 15.0. The first-order chi connectivity index (χ1) is 13.1. The van der Waals surface area contributed by atoms with Crippen LogP contribution in [0.2, 0.25) is 0 Å². The Kier molecular flexibility index (Phi) is 5.65. The topological polar surface area (TPSA) is 95.1 Å². The highest BCUT2D eigenvalue weighted by Crippen LogP contribution is 2.32. The number of carbonyl (C=O) groups excluding carboxylic acids is 2. The lowest BCUT2D eigenvalue weighted by atomic mass is 10.1. The molecular formula is C19H20N2O6. The van der Waals surface area contributed by atoms with E-state index < -0.39 is 5.91 Å². The molecule has 0 saturated heterocycles. The number of hydrogen-bond acceptors (Lipinski definition) is 6. The van der Waals surface area contributed by atoms with E-state index in [0.717, 1.165) is 5.56 Å². The predicted molar refractivity (Wildman–Crippen MR) is 96.0 cm³/mol. The first kappa shape index (κ1) is 18.4. The molecule has 0 fully saturated rings. The molecule has 3 rings (SSSR count). The molecule has 0 bridgehead atoms. The van der Waals surface area contributed by atoms with Crippen molar-refractivity contribution in [2.24, 2.45) is 0 Å². The summed E-state index contributed by atoms with van der Waals surface area (Å²) in [5.41, 5.74) is 5.99. The van der Waals surface area contributed by atoms with E-state index in [-0.39, 0.29) is 19.1 Å². The highest BCUT2D eigenvalue weighted by molar-refractivity contribution is 5.96. The largest absolute Gasteiger partial charge is 0.493 e. The van der Waals surface area contributed by atoms with Crippen LogP contribution in [-0.2, 0) is 11.2 Å². The molecule has 8 heteroatoms. The molecule has 0 unspecified atom stereocenters. The number of nitrogens with one attached hydrogen (secondary N) is 2. The summed E-state index contributed by atoms with van der Waals surface area (Å²) in [5.74, 6) is 1.51. The standard InChI is InChI=1S/C19H20N2O6/c1-24-15-5-3-4-12(18(15)25-2)7-9-17(22)20-21-19(23)13-6-8-14-16(10-13)27-11-26-14/h3-6,8,10H,7,9,11H2,1-2H3,(H,20,22)(H,21,23). The number of methoxy groups -OCH3 is 2. The van der Waals surface area contributed by atoms with Gasteiger partial charge in [-0.1, -0.05) is 12.1 Å². The summed E-state index contributed by atoms with van der Waals surface area (Å²) in [4.78, 5) is 24.2. The fourth-order valence-corrected chi connectivity index (χ4v) is 2.70. The third-order valence-electron chi connectivity index (χ3n) is 4.06. The zero-order chi connectivity index (χ0) is 19.2. The number of para-hydroxylation sites is 1. The van der Waals surface area contributed by atoms with Crippen molar-refractivity contribution in [1.82, 2.24) is 10.9 Å². The van der Waals surface area contributed by atoms with Crippen molar-refractivity contribution >= 4 is 11.8 Å². The summed E-state index contributed by atoms with van der Waals surface area (Å²) in [5, 5.41) is 0. The molecule has 2 aromatic carbocycles.